The first-order valence-corrected chi connectivity index (χ1v) is 10.5. The Balaban J connectivity index is 1.34. The molecular weight excluding hydrogens is 396 g/mol. The number of carboxylic acids is 1. The summed E-state index contributed by atoms with van der Waals surface area (Å²) in [5.41, 5.74) is 3.80. The largest absolute Gasteiger partial charge is 0.481 e. The molecule has 0 radical (unpaired) electrons. The maximum Gasteiger partial charge on any atom is 0.407 e. The quantitative estimate of drug-likeness (QED) is 0.634. The van der Waals surface area contributed by atoms with Crippen molar-refractivity contribution >= 4 is 18.0 Å². The number of carboxylic acid groups (broad SMARTS) is 1. The number of nitrogens with one attached hydrogen (secondary N) is 2. The highest BCUT2D eigenvalue weighted by Crippen LogP contribution is 2.44. The van der Waals surface area contributed by atoms with Gasteiger partial charge in [-0.15, -0.1) is 0 Å². The minimum Gasteiger partial charge on any atom is -0.481 e. The van der Waals surface area contributed by atoms with Crippen LogP contribution >= 0.6 is 0 Å². The summed E-state index contributed by atoms with van der Waals surface area (Å²) < 4.78 is 5.47. The fraction of sp³-hybridized carbons (Fsp3) is 0.375. The van der Waals surface area contributed by atoms with Gasteiger partial charge in [0.15, 0.2) is 0 Å². The molecule has 0 aromatic heterocycles. The summed E-state index contributed by atoms with van der Waals surface area (Å²) in [5.74, 6) is -1.41. The average Bonchev–Trinajstić information content (AvgIpc) is 3.04. The summed E-state index contributed by atoms with van der Waals surface area (Å²) in [4.78, 5) is 35.9. The van der Waals surface area contributed by atoms with Crippen LogP contribution in [0.3, 0.4) is 0 Å². The molecule has 31 heavy (non-hydrogen) atoms. The zero-order valence-electron chi connectivity index (χ0n) is 17.4. The SMILES string of the molecule is C[C@H](NC(=O)OCC1c2ccccc2-c2ccccc21)C(=O)NC1(CC(=O)O)CCC1. The van der Waals surface area contributed by atoms with Crippen molar-refractivity contribution in [1.82, 2.24) is 10.6 Å². The van der Waals surface area contributed by atoms with Crippen molar-refractivity contribution in [3.63, 3.8) is 0 Å². The highest BCUT2D eigenvalue weighted by Gasteiger charge is 2.41. The molecule has 0 heterocycles. The number of alkyl carbamates (subject to hydrolysis) is 1. The minimum absolute atomic E-state index is 0.0592. The van der Waals surface area contributed by atoms with E-state index in [1.165, 1.54) is 0 Å². The van der Waals surface area contributed by atoms with E-state index in [1.54, 1.807) is 6.92 Å². The molecular formula is C24H26N2O5. The first kappa shape index (κ1) is 20.9. The van der Waals surface area contributed by atoms with Gasteiger partial charge < -0.3 is 20.5 Å². The van der Waals surface area contributed by atoms with Crippen LogP contribution in [0.5, 0.6) is 0 Å². The molecule has 162 valence electrons. The second-order valence-electron chi connectivity index (χ2n) is 8.39. The number of carbonyl (C=O) groups excluding carboxylic acids is 2. The number of aliphatic carboxylic acids is 1. The maximum atomic E-state index is 12.5. The highest BCUT2D eigenvalue weighted by atomic mass is 16.5. The molecule has 2 amide bonds. The number of hydrogen-bond donors (Lipinski definition) is 3. The van der Waals surface area contributed by atoms with Gasteiger partial charge in [0.05, 0.1) is 12.0 Å². The van der Waals surface area contributed by atoms with Crippen molar-refractivity contribution in [3.05, 3.63) is 59.7 Å². The second-order valence-corrected chi connectivity index (χ2v) is 8.39. The predicted molar refractivity (Wildman–Crippen MR) is 115 cm³/mol. The molecule has 0 saturated heterocycles. The molecule has 2 aromatic carbocycles. The van der Waals surface area contributed by atoms with Gasteiger partial charge in [-0.1, -0.05) is 48.5 Å². The molecule has 2 aliphatic rings. The summed E-state index contributed by atoms with van der Waals surface area (Å²) in [6, 6.07) is 15.3. The molecule has 7 heteroatoms. The number of fused-ring (bicyclic) bond motifs is 3. The summed E-state index contributed by atoms with van der Waals surface area (Å²) in [5, 5.41) is 14.4. The summed E-state index contributed by atoms with van der Waals surface area (Å²) in [6.45, 7) is 1.72. The molecule has 0 spiro atoms. The zero-order valence-corrected chi connectivity index (χ0v) is 17.4. The zero-order chi connectivity index (χ0) is 22.0. The van der Waals surface area contributed by atoms with Crippen molar-refractivity contribution < 1.29 is 24.2 Å². The van der Waals surface area contributed by atoms with Crippen molar-refractivity contribution in [1.29, 1.82) is 0 Å². The van der Waals surface area contributed by atoms with Crippen LogP contribution < -0.4 is 10.6 Å². The molecule has 0 aliphatic heterocycles. The normalized spacial score (nSPS) is 16.9. The first-order chi connectivity index (χ1) is 14.9. The van der Waals surface area contributed by atoms with E-state index in [2.05, 4.69) is 22.8 Å². The Hall–Kier alpha value is -3.35. The van der Waals surface area contributed by atoms with Gasteiger partial charge in [-0.05, 0) is 48.4 Å². The summed E-state index contributed by atoms with van der Waals surface area (Å²) >= 11 is 0. The molecule has 2 aliphatic carbocycles. The lowest BCUT2D eigenvalue weighted by Crippen LogP contribution is -2.58. The Kier molecular flexibility index (Phi) is 5.67. The van der Waals surface area contributed by atoms with Crippen LogP contribution in [0, 0.1) is 0 Å². The third-order valence-electron chi connectivity index (χ3n) is 6.26. The van der Waals surface area contributed by atoms with Crippen LogP contribution in [0.25, 0.3) is 11.1 Å². The molecule has 2 aromatic rings. The van der Waals surface area contributed by atoms with Crippen LogP contribution in [-0.4, -0.2) is 41.3 Å². The van der Waals surface area contributed by atoms with Gasteiger partial charge >= 0.3 is 12.1 Å². The smallest absolute Gasteiger partial charge is 0.407 e. The number of benzene rings is 2. The monoisotopic (exact) mass is 422 g/mol. The van der Waals surface area contributed by atoms with Crippen molar-refractivity contribution in [3.8, 4) is 11.1 Å². The number of carbonyl (C=O) groups is 3. The van der Waals surface area contributed by atoms with E-state index >= 15 is 0 Å². The molecule has 7 nitrogen and oxygen atoms in total. The minimum atomic E-state index is -0.947. The van der Waals surface area contributed by atoms with Gasteiger partial charge in [-0.3, -0.25) is 9.59 Å². The Morgan fingerprint density at radius 1 is 1.06 bits per heavy atom. The van der Waals surface area contributed by atoms with Crippen molar-refractivity contribution in [2.24, 2.45) is 0 Å². The molecule has 0 bridgehead atoms. The summed E-state index contributed by atoms with van der Waals surface area (Å²) in [6.07, 6.45) is 1.34. The number of ether oxygens (including phenoxy) is 1. The van der Waals surface area contributed by atoms with Crippen LogP contribution in [0.2, 0.25) is 0 Å². The number of amides is 2. The van der Waals surface area contributed by atoms with E-state index in [0.29, 0.717) is 12.8 Å². The lowest BCUT2D eigenvalue weighted by Gasteiger charge is -2.42. The van der Waals surface area contributed by atoms with Crippen molar-refractivity contribution in [2.75, 3.05) is 6.61 Å². The topological polar surface area (TPSA) is 105 Å². The van der Waals surface area contributed by atoms with Gasteiger partial charge in [0.2, 0.25) is 5.91 Å². The van der Waals surface area contributed by atoms with Gasteiger partial charge in [-0.2, -0.15) is 0 Å². The van der Waals surface area contributed by atoms with E-state index in [0.717, 1.165) is 28.7 Å². The van der Waals surface area contributed by atoms with E-state index in [9.17, 15) is 14.4 Å². The van der Waals surface area contributed by atoms with Crippen LogP contribution in [0.15, 0.2) is 48.5 Å². The third kappa shape index (κ3) is 4.26. The summed E-state index contributed by atoms with van der Waals surface area (Å²) in [7, 11) is 0. The molecule has 1 atom stereocenters. The fourth-order valence-electron chi connectivity index (χ4n) is 4.49. The Labute approximate surface area is 180 Å². The number of hydrogen-bond acceptors (Lipinski definition) is 4. The Morgan fingerprint density at radius 2 is 1.65 bits per heavy atom. The average molecular weight is 422 g/mol. The second kappa shape index (κ2) is 8.41. The highest BCUT2D eigenvalue weighted by molar-refractivity contribution is 5.86. The standard InChI is InChI=1S/C24H26N2O5/c1-15(22(29)26-24(11-6-12-24)13-21(27)28)25-23(30)31-14-20-18-9-4-2-7-16(18)17-8-3-5-10-19(17)20/h2-5,7-10,15,20H,6,11-14H2,1H3,(H,25,30)(H,26,29)(H,27,28)/t15-/m0/s1. The van der Waals surface area contributed by atoms with Crippen molar-refractivity contribution in [2.45, 2.75) is 50.1 Å². The molecule has 3 N–H and O–H groups in total. The Morgan fingerprint density at radius 3 is 2.16 bits per heavy atom. The van der Waals surface area contributed by atoms with Crippen LogP contribution in [-0.2, 0) is 14.3 Å². The predicted octanol–water partition coefficient (Wildman–Crippen LogP) is 3.43. The lowest BCUT2D eigenvalue weighted by molar-refractivity contribution is -0.140. The molecule has 1 fully saturated rings. The van der Waals surface area contributed by atoms with Gasteiger partial charge in [0.25, 0.3) is 0 Å². The van der Waals surface area contributed by atoms with Gasteiger partial charge in [-0.25, -0.2) is 4.79 Å². The van der Waals surface area contributed by atoms with E-state index in [1.807, 2.05) is 36.4 Å². The molecule has 0 unspecified atom stereocenters. The third-order valence-corrected chi connectivity index (χ3v) is 6.26. The molecule has 4 rings (SSSR count). The van der Waals surface area contributed by atoms with E-state index in [-0.39, 0.29) is 18.9 Å². The van der Waals surface area contributed by atoms with E-state index < -0.39 is 29.6 Å². The van der Waals surface area contributed by atoms with Gasteiger partial charge in [0, 0.05) is 5.92 Å². The number of rotatable bonds is 7. The lowest BCUT2D eigenvalue weighted by atomic mass is 9.74. The van der Waals surface area contributed by atoms with E-state index in [4.69, 9.17) is 9.84 Å². The fourth-order valence-corrected chi connectivity index (χ4v) is 4.49. The Bertz CT molecular complexity index is 969. The maximum absolute atomic E-state index is 12.5. The van der Waals surface area contributed by atoms with Crippen LogP contribution in [0.4, 0.5) is 4.79 Å². The first-order valence-electron chi connectivity index (χ1n) is 10.5. The van der Waals surface area contributed by atoms with Gasteiger partial charge in [0.1, 0.15) is 12.6 Å². The van der Waals surface area contributed by atoms with Crippen LogP contribution in [0.1, 0.15) is 49.7 Å². The molecule has 1 saturated carbocycles.